The van der Waals surface area contributed by atoms with E-state index in [1.165, 1.54) is 44.6 Å². The maximum absolute atomic E-state index is 12.3. The molecule has 0 radical (unpaired) electrons. The van der Waals surface area contributed by atoms with Crippen molar-refractivity contribution in [2.45, 2.75) is 44.1 Å². The number of carbonyl (C=O) groups is 1. The van der Waals surface area contributed by atoms with Crippen LogP contribution in [0.4, 0.5) is 0 Å². The molecular formula is C25H36INO4. The second kappa shape index (κ2) is 9.69. The molecular weight excluding hydrogens is 505 g/mol. The highest BCUT2D eigenvalue weighted by Gasteiger charge is 2.58. The van der Waals surface area contributed by atoms with Crippen LogP contribution in [0.2, 0.25) is 0 Å². The minimum Gasteiger partial charge on any atom is -1.00 e. The van der Waals surface area contributed by atoms with Crippen molar-refractivity contribution in [1.82, 2.24) is 0 Å². The van der Waals surface area contributed by atoms with E-state index in [4.69, 9.17) is 14.2 Å². The summed E-state index contributed by atoms with van der Waals surface area (Å²) in [6, 6.07) is 5.56. The number of esters is 1. The zero-order valence-electron chi connectivity index (χ0n) is 19.2. The third kappa shape index (κ3) is 5.05. The Morgan fingerprint density at radius 3 is 2.16 bits per heavy atom. The molecule has 0 unspecified atom stereocenters. The van der Waals surface area contributed by atoms with E-state index in [0.29, 0.717) is 23.6 Å². The van der Waals surface area contributed by atoms with E-state index in [9.17, 15) is 4.79 Å². The Labute approximate surface area is 203 Å². The first kappa shape index (κ1) is 24.4. The van der Waals surface area contributed by atoms with E-state index in [2.05, 4.69) is 14.1 Å². The molecule has 0 saturated heterocycles. The lowest BCUT2D eigenvalue weighted by Gasteiger charge is -2.62. The number of benzene rings is 1. The summed E-state index contributed by atoms with van der Waals surface area (Å²) < 4.78 is 17.1. The number of halogens is 1. The number of ether oxygens (including phenoxy) is 3. The Bertz CT molecular complexity index is 784. The van der Waals surface area contributed by atoms with Crippen molar-refractivity contribution < 1.29 is 47.5 Å². The predicted octanol–water partition coefficient (Wildman–Crippen LogP) is 1.31. The highest BCUT2D eigenvalue weighted by Crippen LogP contribution is 2.58. The van der Waals surface area contributed by atoms with Gasteiger partial charge in [-0.05, 0) is 60.8 Å². The van der Waals surface area contributed by atoms with Crippen LogP contribution < -0.4 is 33.5 Å². The Morgan fingerprint density at radius 2 is 1.61 bits per heavy atom. The monoisotopic (exact) mass is 541 g/mol. The third-order valence-electron chi connectivity index (χ3n) is 8.00. The summed E-state index contributed by atoms with van der Waals surface area (Å²) in [4.78, 5) is 12.3. The minimum atomic E-state index is -0.296. The van der Waals surface area contributed by atoms with E-state index < -0.39 is 0 Å². The van der Waals surface area contributed by atoms with Gasteiger partial charge in [0.05, 0.1) is 33.9 Å². The molecule has 0 aromatic heterocycles. The van der Waals surface area contributed by atoms with E-state index in [1.807, 2.05) is 18.2 Å². The molecule has 4 bridgehead atoms. The fraction of sp³-hybridized carbons (Fsp3) is 0.640. The van der Waals surface area contributed by atoms with Crippen LogP contribution in [0.25, 0.3) is 6.08 Å². The van der Waals surface area contributed by atoms with Gasteiger partial charge in [0.25, 0.3) is 0 Å². The van der Waals surface area contributed by atoms with E-state index in [-0.39, 0.29) is 29.9 Å². The zero-order valence-corrected chi connectivity index (χ0v) is 21.4. The number of hydrogen-bond acceptors (Lipinski definition) is 4. The summed E-state index contributed by atoms with van der Waals surface area (Å²) in [6.45, 7) is 1.34. The standard InChI is InChI=1S/C25H36NO4.HI/c1-26(2,25-15-19-11-20(16-25)13-21(12-19)17-25)9-10-30-24(27)8-6-18-5-7-22(28-3)23(14-18)29-4;/h5-8,14,19-21H,9-13,15-17H2,1-4H3;1H/q+1;/p-1/b8-6+;. The molecule has 1 aromatic rings. The van der Waals surface area contributed by atoms with Gasteiger partial charge >= 0.3 is 5.97 Å². The third-order valence-corrected chi connectivity index (χ3v) is 8.00. The Kier molecular flexibility index (Phi) is 7.62. The second-order valence-corrected chi connectivity index (χ2v) is 10.2. The van der Waals surface area contributed by atoms with E-state index in [1.54, 1.807) is 20.3 Å². The number of likely N-dealkylation sites (N-methyl/N-ethyl adjacent to an activating group) is 1. The van der Waals surface area contributed by atoms with Gasteiger partial charge in [-0.15, -0.1) is 0 Å². The molecule has 0 atom stereocenters. The molecule has 172 valence electrons. The summed E-state index contributed by atoms with van der Waals surface area (Å²) >= 11 is 0. The lowest BCUT2D eigenvalue weighted by molar-refractivity contribution is -0.948. The smallest absolute Gasteiger partial charge is 0.330 e. The second-order valence-electron chi connectivity index (χ2n) is 10.2. The Morgan fingerprint density at radius 1 is 1.03 bits per heavy atom. The molecule has 0 amide bonds. The molecule has 0 spiro atoms. The number of rotatable bonds is 8. The Balaban J connectivity index is 0.00000272. The summed E-state index contributed by atoms with van der Waals surface area (Å²) in [5.41, 5.74) is 1.27. The molecule has 1 aromatic carbocycles. The number of carbonyl (C=O) groups excluding carboxylic acids is 1. The van der Waals surface area contributed by atoms with Gasteiger partial charge in [0.1, 0.15) is 13.2 Å². The van der Waals surface area contributed by atoms with E-state index >= 15 is 0 Å². The van der Waals surface area contributed by atoms with Crippen molar-refractivity contribution in [2.75, 3.05) is 41.5 Å². The molecule has 4 aliphatic rings. The molecule has 4 saturated carbocycles. The number of methoxy groups -OCH3 is 2. The maximum atomic E-state index is 12.3. The topological polar surface area (TPSA) is 44.8 Å². The summed E-state index contributed by atoms with van der Waals surface area (Å²) in [6.07, 6.45) is 11.7. The maximum Gasteiger partial charge on any atom is 0.330 e. The SMILES string of the molecule is COc1ccc(/C=C/C(=O)OCC[N+](C)(C)C23CC4CC(CC(C4)C2)C3)cc1OC.[I-]. The molecule has 31 heavy (non-hydrogen) atoms. The van der Waals surface area contributed by atoms with Gasteiger partial charge in [-0.2, -0.15) is 0 Å². The van der Waals surface area contributed by atoms with Crippen LogP contribution in [-0.2, 0) is 9.53 Å². The predicted molar refractivity (Wildman–Crippen MR) is 117 cm³/mol. The quantitative estimate of drug-likeness (QED) is 0.216. The van der Waals surface area contributed by atoms with Gasteiger partial charge in [0, 0.05) is 25.3 Å². The minimum absolute atomic E-state index is 0. The first-order valence-electron chi connectivity index (χ1n) is 11.2. The molecule has 5 nitrogen and oxygen atoms in total. The molecule has 0 aliphatic heterocycles. The van der Waals surface area contributed by atoms with Gasteiger partial charge in [-0.25, -0.2) is 4.79 Å². The largest absolute Gasteiger partial charge is 1.00 e. The van der Waals surface area contributed by atoms with Gasteiger partial charge in [-0.1, -0.05) is 6.07 Å². The lowest BCUT2D eigenvalue weighted by atomic mass is 9.52. The van der Waals surface area contributed by atoms with Gasteiger partial charge < -0.3 is 42.7 Å². The van der Waals surface area contributed by atoms with Gasteiger partial charge in [-0.3, -0.25) is 0 Å². The highest BCUT2D eigenvalue weighted by molar-refractivity contribution is 5.87. The molecule has 0 heterocycles. The fourth-order valence-electron chi connectivity index (χ4n) is 6.59. The first-order valence-corrected chi connectivity index (χ1v) is 11.2. The Hall–Kier alpha value is -1.28. The number of nitrogens with zero attached hydrogens (tertiary/aromatic N) is 1. The zero-order chi connectivity index (χ0) is 21.4. The van der Waals surface area contributed by atoms with E-state index in [0.717, 1.165) is 34.3 Å². The van der Waals surface area contributed by atoms with Crippen molar-refractivity contribution in [3.8, 4) is 11.5 Å². The molecule has 0 N–H and O–H groups in total. The normalized spacial score (nSPS) is 29.0. The van der Waals surface area contributed by atoms with Gasteiger partial charge in [0.15, 0.2) is 11.5 Å². The van der Waals surface area contributed by atoms with Crippen molar-refractivity contribution in [3.05, 3.63) is 29.8 Å². The van der Waals surface area contributed by atoms with Crippen molar-refractivity contribution in [1.29, 1.82) is 0 Å². The molecule has 4 fully saturated rings. The fourth-order valence-corrected chi connectivity index (χ4v) is 6.59. The average molecular weight is 541 g/mol. The van der Waals surface area contributed by atoms with Crippen LogP contribution in [0.5, 0.6) is 11.5 Å². The summed E-state index contributed by atoms with van der Waals surface area (Å²) in [5, 5.41) is 0. The van der Waals surface area contributed by atoms with Crippen LogP contribution in [0, 0.1) is 17.8 Å². The van der Waals surface area contributed by atoms with Crippen LogP contribution in [-0.4, -0.2) is 57.5 Å². The number of quaternary nitrogens is 1. The molecule has 5 rings (SSSR count). The van der Waals surface area contributed by atoms with Gasteiger partial charge in [0.2, 0.25) is 0 Å². The molecule has 6 heteroatoms. The number of hydrogen-bond donors (Lipinski definition) is 0. The van der Waals surface area contributed by atoms with Crippen molar-refractivity contribution in [3.63, 3.8) is 0 Å². The summed E-state index contributed by atoms with van der Waals surface area (Å²) in [5.74, 6) is 3.81. The lowest BCUT2D eigenvalue weighted by Crippen LogP contribution is -3.00. The molecule has 4 aliphatic carbocycles. The van der Waals surface area contributed by atoms with Crippen LogP contribution in [0.1, 0.15) is 44.1 Å². The first-order chi connectivity index (χ1) is 14.3. The van der Waals surface area contributed by atoms with Crippen molar-refractivity contribution in [2.24, 2.45) is 17.8 Å². The summed E-state index contributed by atoms with van der Waals surface area (Å²) in [7, 11) is 7.90. The highest BCUT2D eigenvalue weighted by atomic mass is 127. The van der Waals surface area contributed by atoms with Crippen LogP contribution in [0.3, 0.4) is 0 Å². The average Bonchev–Trinajstić information content (AvgIpc) is 2.70. The van der Waals surface area contributed by atoms with Crippen LogP contribution >= 0.6 is 0 Å². The van der Waals surface area contributed by atoms with Crippen molar-refractivity contribution >= 4 is 12.0 Å². The van der Waals surface area contributed by atoms with Crippen LogP contribution in [0.15, 0.2) is 24.3 Å².